The number of hydrogen-bond acceptors (Lipinski definition) is 4. The first-order valence-electron chi connectivity index (χ1n) is 8.47. The maximum atomic E-state index is 12.8. The molecular weight excluding hydrogens is 340 g/mol. The summed E-state index contributed by atoms with van der Waals surface area (Å²) in [7, 11) is -3.88. The van der Waals surface area contributed by atoms with Gasteiger partial charge in [-0.05, 0) is 29.7 Å². The molecule has 136 valence electrons. The SMILES string of the molecule is CC1(C)[C@H]2CC[C@@]1(CS(=O)(=O)N[C@@H](C(N)=O)c1ccccc1)C(=O)C2. The normalized spacial score (nSPS) is 28.9. The van der Waals surface area contributed by atoms with E-state index in [9.17, 15) is 18.0 Å². The number of amides is 1. The third-order valence-corrected chi connectivity index (χ3v) is 7.76. The zero-order valence-electron chi connectivity index (χ0n) is 14.5. The van der Waals surface area contributed by atoms with Gasteiger partial charge in [0.25, 0.3) is 0 Å². The van der Waals surface area contributed by atoms with E-state index in [0.717, 1.165) is 6.42 Å². The predicted molar refractivity (Wildman–Crippen MR) is 93.9 cm³/mol. The molecule has 2 bridgehead atoms. The van der Waals surface area contributed by atoms with Crippen molar-refractivity contribution in [1.82, 2.24) is 4.72 Å². The highest BCUT2D eigenvalue weighted by Crippen LogP contribution is 2.64. The number of hydrogen-bond donors (Lipinski definition) is 2. The van der Waals surface area contributed by atoms with Crippen molar-refractivity contribution >= 4 is 21.7 Å². The van der Waals surface area contributed by atoms with Crippen LogP contribution in [0.4, 0.5) is 0 Å². The number of fused-ring (bicyclic) bond motifs is 2. The first-order chi connectivity index (χ1) is 11.6. The number of nitrogens with one attached hydrogen (secondary N) is 1. The number of carbonyl (C=O) groups excluding carboxylic acids is 2. The molecule has 0 unspecified atom stereocenters. The van der Waals surface area contributed by atoms with Gasteiger partial charge in [0.05, 0.1) is 5.75 Å². The van der Waals surface area contributed by atoms with Crippen LogP contribution in [0, 0.1) is 16.7 Å². The second kappa shape index (κ2) is 5.92. The van der Waals surface area contributed by atoms with Crippen LogP contribution < -0.4 is 10.5 Å². The Morgan fingerprint density at radius 3 is 2.44 bits per heavy atom. The van der Waals surface area contributed by atoms with Crippen LogP contribution >= 0.6 is 0 Å². The Morgan fingerprint density at radius 2 is 1.96 bits per heavy atom. The van der Waals surface area contributed by atoms with Crippen LogP contribution in [-0.4, -0.2) is 25.9 Å². The van der Waals surface area contributed by atoms with Crippen molar-refractivity contribution in [2.45, 2.75) is 39.2 Å². The fourth-order valence-corrected chi connectivity index (χ4v) is 6.61. The molecule has 0 saturated heterocycles. The van der Waals surface area contributed by atoms with Gasteiger partial charge in [-0.2, -0.15) is 4.72 Å². The van der Waals surface area contributed by atoms with E-state index < -0.39 is 27.4 Å². The smallest absolute Gasteiger partial charge is 0.240 e. The molecular formula is C18H24N2O4S. The lowest BCUT2D eigenvalue weighted by Crippen LogP contribution is -2.47. The third-order valence-electron chi connectivity index (χ3n) is 6.29. The van der Waals surface area contributed by atoms with Crippen molar-refractivity contribution in [2.24, 2.45) is 22.5 Å². The summed E-state index contributed by atoms with van der Waals surface area (Å²) in [5.74, 6) is -0.807. The average molecular weight is 364 g/mol. The summed E-state index contributed by atoms with van der Waals surface area (Å²) in [4.78, 5) is 24.3. The summed E-state index contributed by atoms with van der Waals surface area (Å²) in [5.41, 5.74) is 4.66. The molecule has 0 spiro atoms. The number of carbonyl (C=O) groups is 2. The van der Waals surface area contributed by atoms with Crippen molar-refractivity contribution in [3.63, 3.8) is 0 Å². The first-order valence-corrected chi connectivity index (χ1v) is 10.1. The minimum Gasteiger partial charge on any atom is -0.368 e. The minimum atomic E-state index is -3.88. The van der Waals surface area contributed by atoms with E-state index >= 15 is 0 Å². The Balaban J connectivity index is 1.87. The third kappa shape index (κ3) is 2.89. The fourth-order valence-electron chi connectivity index (χ4n) is 4.59. The lowest BCUT2D eigenvalue weighted by molar-refractivity contribution is -0.128. The highest BCUT2D eigenvalue weighted by molar-refractivity contribution is 7.89. The monoisotopic (exact) mass is 364 g/mol. The predicted octanol–water partition coefficient (Wildman–Crippen LogP) is 1.53. The van der Waals surface area contributed by atoms with Gasteiger partial charge in [-0.3, -0.25) is 9.59 Å². The average Bonchev–Trinajstić information content (AvgIpc) is 2.87. The molecule has 0 heterocycles. The quantitative estimate of drug-likeness (QED) is 0.798. The van der Waals surface area contributed by atoms with E-state index in [1.165, 1.54) is 0 Å². The standard InChI is InChI=1S/C18H24N2O4S/c1-17(2)13-8-9-18(17,14(21)10-13)11-25(23,24)20-15(16(19)22)12-6-4-3-5-7-12/h3-7,13,15,20H,8-11H2,1-2H3,(H2,19,22)/t13-,15+,18+/m0/s1. The van der Waals surface area contributed by atoms with Gasteiger partial charge < -0.3 is 5.73 Å². The molecule has 2 aliphatic rings. The number of primary amides is 1. The highest BCUT2D eigenvalue weighted by Gasteiger charge is 2.65. The largest absolute Gasteiger partial charge is 0.368 e. The van der Waals surface area contributed by atoms with E-state index in [2.05, 4.69) is 4.72 Å². The van der Waals surface area contributed by atoms with Crippen LogP contribution in [0.25, 0.3) is 0 Å². The summed E-state index contributed by atoms with van der Waals surface area (Å²) < 4.78 is 28.1. The van der Waals surface area contributed by atoms with Crippen LogP contribution in [0.3, 0.4) is 0 Å². The van der Waals surface area contributed by atoms with Gasteiger partial charge in [-0.15, -0.1) is 0 Å². The van der Waals surface area contributed by atoms with Gasteiger partial charge >= 0.3 is 0 Å². The fraction of sp³-hybridized carbons (Fsp3) is 0.556. The zero-order chi connectivity index (χ0) is 18.5. The van der Waals surface area contributed by atoms with Gasteiger partial charge in [0.1, 0.15) is 11.8 Å². The highest BCUT2D eigenvalue weighted by atomic mass is 32.2. The summed E-state index contributed by atoms with van der Waals surface area (Å²) in [6, 6.07) is 7.35. The molecule has 3 rings (SSSR count). The van der Waals surface area contributed by atoms with Gasteiger partial charge in [0.2, 0.25) is 15.9 Å². The number of Topliss-reactive ketones (excluding diaryl/α,β-unsaturated/α-hetero) is 1. The van der Waals surface area contributed by atoms with E-state index in [1.807, 2.05) is 13.8 Å². The Labute approximate surface area is 148 Å². The van der Waals surface area contributed by atoms with Crippen molar-refractivity contribution in [3.05, 3.63) is 35.9 Å². The zero-order valence-corrected chi connectivity index (χ0v) is 15.3. The summed E-state index contributed by atoms with van der Waals surface area (Å²) in [5, 5.41) is 0. The van der Waals surface area contributed by atoms with E-state index in [0.29, 0.717) is 18.4 Å². The summed E-state index contributed by atoms with van der Waals surface area (Å²) >= 11 is 0. The molecule has 1 aromatic rings. The molecule has 6 nitrogen and oxygen atoms in total. The van der Waals surface area contributed by atoms with Crippen molar-refractivity contribution in [3.8, 4) is 0 Å². The number of benzene rings is 1. The number of nitrogens with two attached hydrogens (primary N) is 1. The molecule has 2 saturated carbocycles. The summed E-state index contributed by atoms with van der Waals surface area (Å²) in [6.07, 6.45) is 1.89. The van der Waals surface area contributed by atoms with Crippen LogP contribution in [0.5, 0.6) is 0 Å². The van der Waals surface area contributed by atoms with Crippen LogP contribution in [0.1, 0.15) is 44.7 Å². The topological polar surface area (TPSA) is 106 Å². The lowest BCUT2D eigenvalue weighted by Gasteiger charge is -2.36. The molecule has 2 aliphatic carbocycles. The van der Waals surface area contributed by atoms with Crippen LogP contribution in [0.15, 0.2) is 30.3 Å². The Kier molecular flexibility index (Phi) is 4.28. The van der Waals surface area contributed by atoms with Gasteiger partial charge in [-0.1, -0.05) is 44.2 Å². The molecule has 0 radical (unpaired) electrons. The van der Waals surface area contributed by atoms with Crippen molar-refractivity contribution in [2.75, 3.05) is 5.75 Å². The molecule has 2 fully saturated rings. The molecule has 7 heteroatoms. The Hall–Kier alpha value is -1.73. The number of sulfonamides is 1. The van der Waals surface area contributed by atoms with E-state index in [4.69, 9.17) is 5.73 Å². The second-order valence-corrected chi connectivity index (χ2v) is 9.54. The molecule has 0 aliphatic heterocycles. The molecule has 3 atom stereocenters. The lowest BCUT2D eigenvalue weighted by atomic mass is 9.70. The molecule has 0 aromatic heterocycles. The van der Waals surface area contributed by atoms with E-state index in [1.54, 1.807) is 30.3 Å². The van der Waals surface area contributed by atoms with Gasteiger partial charge in [-0.25, -0.2) is 8.42 Å². The Morgan fingerprint density at radius 1 is 1.32 bits per heavy atom. The van der Waals surface area contributed by atoms with E-state index in [-0.39, 0.29) is 22.9 Å². The van der Waals surface area contributed by atoms with Gasteiger partial charge in [0, 0.05) is 11.8 Å². The maximum Gasteiger partial charge on any atom is 0.240 e. The molecule has 25 heavy (non-hydrogen) atoms. The van der Waals surface area contributed by atoms with Gasteiger partial charge in [0.15, 0.2) is 0 Å². The van der Waals surface area contributed by atoms with Crippen LogP contribution in [-0.2, 0) is 19.6 Å². The number of ketones is 1. The minimum absolute atomic E-state index is 0.0226. The second-order valence-electron chi connectivity index (χ2n) is 7.79. The molecule has 3 N–H and O–H groups in total. The van der Waals surface area contributed by atoms with Crippen LogP contribution in [0.2, 0.25) is 0 Å². The maximum absolute atomic E-state index is 12.8. The first kappa shape index (κ1) is 18.1. The molecule has 1 amide bonds. The number of rotatable bonds is 6. The molecule has 1 aromatic carbocycles. The van der Waals surface area contributed by atoms with Crippen molar-refractivity contribution in [1.29, 1.82) is 0 Å². The Bertz CT molecular complexity index is 804. The summed E-state index contributed by atoms with van der Waals surface area (Å²) in [6.45, 7) is 3.96. The van der Waals surface area contributed by atoms with Crippen molar-refractivity contribution < 1.29 is 18.0 Å².